The maximum Gasteiger partial charge on any atom is 0.245 e. The first-order valence-corrected chi connectivity index (χ1v) is 9.19. The highest BCUT2D eigenvalue weighted by atomic mass is 32.2. The molecule has 2 N–H and O–H groups in total. The van der Waals surface area contributed by atoms with E-state index in [4.69, 9.17) is 9.84 Å². The molecule has 0 aromatic heterocycles. The van der Waals surface area contributed by atoms with Gasteiger partial charge in [-0.05, 0) is 38.0 Å². The SMILES string of the molecule is CCOC1CCCN(S(=O)(=O)c2cc(F)ccc2NCCO)C1. The van der Waals surface area contributed by atoms with E-state index in [-0.39, 0.29) is 30.7 Å². The van der Waals surface area contributed by atoms with Crippen LogP contribution < -0.4 is 5.32 Å². The molecule has 0 bridgehead atoms. The molecule has 0 saturated carbocycles. The lowest BCUT2D eigenvalue weighted by Gasteiger charge is -2.32. The van der Waals surface area contributed by atoms with Gasteiger partial charge in [0.15, 0.2) is 0 Å². The fraction of sp³-hybridized carbons (Fsp3) is 0.600. The lowest BCUT2D eigenvalue weighted by Crippen LogP contribution is -2.43. The Morgan fingerprint density at radius 2 is 2.26 bits per heavy atom. The fourth-order valence-electron chi connectivity index (χ4n) is 2.68. The first-order valence-electron chi connectivity index (χ1n) is 7.75. The summed E-state index contributed by atoms with van der Waals surface area (Å²) in [6.07, 6.45) is 1.39. The number of anilines is 1. The number of aliphatic hydroxyl groups is 1. The van der Waals surface area contributed by atoms with Gasteiger partial charge in [0.05, 0.1) is 18.4 Å². The number of aliphatic hydroxyl groups excluding tert-OH is 1. The van der Waals surface area contributed by atoms with E-state index in [9.17, 15) is 12.8 Å². The van der Waals surface area contributed by atoms with Gasteiger partial charge in [0.25, 0.3) is 0 Å². The van der Waals surface area contributed by atoms with E-state index in [2.05, 4.69) is 5.32 Å². The highest BCUT2D eigenvalue weighted by Crippen LogP contribution is 2.28. The van der Waals surface area contributed by atoms with Crippen LogP contribution in [-0.2, 0) is 14.8 Å². The molecule has 23 heavy (non-hydrogen) atoms. The molecule has 0 aliphatic carbocycles. The predicted octanol–water partition coefficient (Wildman–Crippen LogP) is 1.42. The largest absolute Gasteiger partial charge is 0.395 e. The summed E-state index contributed by atoms with van der Waals surface area (Å²) in [6.45, 7) is 3.11. The van der Waals surface area contributed by atoms with E-state index in [1.807, 2.05) is 6.92 Å². The molecule has 130 valence electrons. The van der Waals surface area contributed by atoms with Crippen LogP contribution in [0.4, 0.5) is 10.1 Å². The van der Waals surface area contributed by atoms with E-state index in [0.29, 0.717) is 25.3 Å². The molecule has 1 atom stereocenters. The molecule has 1 aromatic carbocycles. The van der Waals surface area contributed by atoms with Gasteiger partial charge in [-0.3, -0.25) is 0 Å². The standard InChI is InChI=1S/C15H23FN2O4S/c1-2-22-13-4-3-8-18(11-13)23(20,21)15-10-12(16)5-6-14(15)17-7-9-19/h5-6,10,13,17,19H,2-4,7-9,11H2,1H3. The zero-order chi connectivity index (χ0) is 16.9. The zero-order valence-electron chi connectivity index (χ0n) is 13.2. The van der Waals surface area contributed by atoms with Gasteiger partial charge in [-0.1, -0.05) is 0 Å². The van der Waals surface area contributed by atoms with E-state index in [1.54, 1.807) is 0 Å². The van der Waals surface area contributed by atoms with Gasteiger partial charge in [-0.15, -0.1) is 0 Å². The lowest BCUT2D eigenvalue weighted by atomic mass is 10.1. The number of piperidine rings is 1. The van der Waals surface area contributed by atoms with Crippen LogP contribution in [0.15, 0.2) is 23.1 Å². The molecular weight excluding hydrogens is 323 g/mol. The Morgan fingerprint density at radius 3 is 2.96 bits per heavy atom. The summed E-state index contributed by atoms with van der Waals surface area (Å²) in [4.78, 5) is -0.108. The normalized spacial score (nSPS) is 19.7. The third-order valence-electron chi connectivity index (χ3n) is 3.73. The van der Waals surface area contributed by atoms with Crippen LogP contribution in [0.5, 0.6) is 0 Å². The molecular formula is C15H23FN2O4S. The van der Waals surface area contributed by atoms with Crippen molar-refractivity contribution in [1.29, 1.82) is 0 Å². The third-order valence-corrected chi connectivity index (χ3v) is 5.64. The monoisotopic (exact) mass is 346 g/mol. The van der Waals surface area contributed by atoms with Gasteiger partial charge in [0.1, 0.15) is 10.7 Å². The summed E-state index contributed by atoms with van der Waals surface area (Å²) in [5, 5.41) is 11.7. The predicted molar refractivity (Wildman–Crippen MR) is 85.4 cm³/mol. The van der Waals surface area contributed by atoms with Crippen molar-refractivity contribution < 1.29 is 22.7 Å². The highest BCUT2D eigenvalue weighted by molar-refractivity contribution is 7.89. The number of nitrogens with zero attached hydrogens (tertiary/aromatic N) is 1. The number of hydrogen-bond acceptors (Lipinski definition) is 5. The Hall–Kier alpha value is -1.22. The molecule has 0 radical (unpaired) electrons. The molecule has 1 heterocycles. The molecule has 0 spiro atoms. The minimum Gasteiger partial charge on any atom is -0.395 e. The molecule has 1 saturated heterocycles. The summed E-state index contributed by atoms with van der Waals surface area (Å²) in [7, 11) is -3.83. The van der Waals surface area contributed by atoms with Gasteiger partial charge in [0, 0.05) is 26.2 Å². The van der Waals surface area contributed by atoms with E-state index in [1.165, 1.54) is 16.4 Å². The van der Waals surface area contributed by atoms with Crippen LogP contribution in [0.25, 0.3) is 0 Å². The van der Waals surface area contributed by atoms with Crippen molar-refractivity contribution in [3.8, 4) is 0 Å². The second kappa shape index (κ2) is 8.05. The zero-order valence-corrected chi connectivity index (χ0v) is 14.0. The quantitative estimate of drug-likeness (QED) is 0.781. The van der Waals surface area contributed by atoms with Gasteiger partial charge in [0.2, 0.25) is 10.0 Å². The molecule has 0 amide bonds. The second-order valence-corrected chi connectivity index (χ2v) is 7.28. The molecule has 1 fully saturated rings. The van der Waals surface area contributed by atoms with Gasteiger partial charge in [-0.2, -0.15) is 4.31 Å². The Balaban J connectivity index is 2.29. The summed E-state index contributed by atoms with van der Waals surface area (Å²) in [5.41, 5.74) is 0.291. The number of rotatable bonds is 7. The van der Waals surface area contributed by atoms with Crippen LogP contribution in [0.1, 0.15) is 19.8 Å². The maximum absolute atomic E-state index is 13.6. The smallest absolute Gasteiger partial charge is 0.245 e. The molecule has 1 aromatic rings. The van der Waals surface area contributed by atoms with Crippen molar-refractivity contribution in [2.45, 2.75) is 30.8 Å². The summed E-state index contributed by atoms with van der Waals surface area (Å²) in [6, 6.07) is 3.58. The molecule has 1 aliphatic heterocycles. The summed E-state index contributed by atoms with van der Waals surface area (Å²) >= 11 is 0. The molecule has 6 nitrogen and oxygen atoms in total. The number of hydrogen-bond donors (Lipinski definition) is 2. The Morgan fingerprint density at radius 1 is 1.48 bits per heavy atom. The number of sulfonamides is 1. The fourth-order valence-corrected chi connectivity index (χ4v) is 4.37. The minimum atomic E-state index is -3.83. The molecule has 2 rings (SSSR count). The van der Waals surface area contributed by atoms with Gasteiger partial charge < -0.3 is 15.2 Å². The van der Waals surface area contributed by atoms with Crippen molar-refractivity contribution in [2.75, 3.05) is 38.2 Å². The average Bonchev–Trinajstić information content (AvgIpc) is 2.54. The van der Waals surface area contributed by atoms with Crippen LogP contribution in [0, 0.1) is 5.82 Å². The van der Waals surface area contributed by atoms with E-state index >= 15 is 0 Å². The molecule has 8 heteroatoms. The minimum absolute atomic E-state index is 0.108. The Kier molecular flexibility index (Phi) is 6.34. The Labute approximate surface area is 136 Å². The molecule has 1 unspecified atom stereocenters. The number of benzene rings is 1. The van der Waals surface area contributed by atoms with Crippen LogP contribution in [0.2, 0.25) is 0 Å². The van der Waals surface area contributed by atoms with Gasteiger partial charge in [-0.25, -0.2) is 12.8 Å². The molecule has 1 aliphatic rings. The maximum atomic E-state index is 13.6. The van der Waals surface area contributed by atoms with Crippen molar-refractivity contribution in [3.05, 3.63) is 24.0 Å². The number of halogens is 1. The first kappa shape index (κ1) is 18.1. The van der Waals surface area contributed by atoms with Gasteiger partial charge >= 0.3 is 0 Å². The van der Waals surface area contributed by atoms with Crippen molar-refractivity contribution >= 4 is 15.7 Å². The van der Waals surface area contributed by atoms with E-state index < -0.39 is 15.8 Å². The van der Waals surface area contributed by atoms with Crippen LogP contribution in [0.3, 0.4) is 0 Å². The van der Waals surface area contributed by atoms with Crippen molar-refractivity contribution in [2.24, 2.45) is 0 Å². The second-order valence-electron chi connectivity index (χ2n) is 5.37. The van der Waals surface area contributed by atoms with Crippen molar-refractivity contribution in [1.82, 2.24) is 4.31 Å². The van der Waals surface area contributed by atoms with Crippen LogP contribution in [-0.4, -0.2) is 56.8 Å². The third kappa shape index (κ3) is 4.41. The number of ether oxygens (including phenoxy) is 1. The summed E-state index contributed by atoms with van der Waals surface area (Å²) < 4.78 is 46.2. The van der Waals surface area contributed by atoms with E-state index in [0.717, 1.165) is 12.5 Å². The van der Waals surface area contributed by atoms with Crippen molar-refractivity contribution in [3.63, 3.8) is 0 Å². The average molecular weight is 346 g/mol. The lowest BCUT2D eigenvalue weighted by molar-refractivity contribution is 0.0265. The topological polar surface area (TPSA) is 78.9 Å². The first-order chi connectivity index (χ1) is 11.0. The Bertz CT molecular complexity index is 622. The van der Waals surface area contributed by atoms with Crippen LogP contribution >= 0.6 is 0 Å². The number of nitrogens with one attached hydrogen (secondary N) is 1. The summed E-state index contributed by atoms with van der Waals surface area (Å²) in [5.74, 6) is -0.614. The highest BCUT2D eigenvalue weighted by Gasteiger charge is 2.32.